The lowest BCUT2D eigenvalue weighted by Crippen LogP contribution is -2.35. The second-order valence-electron chi connectivity index (χ2n) is 4.48. The van der Waals surface area contributed by atoms with Crippen LogP contribution in [0.15, 0.2) is 24.3 Å². The lowest BCUT2D eigenvalue weighted by Gasteiger charge is -2.12. The average Bonchev–Trinajstić information content (AvgIpc) is 2.75. The van der Waals surface area contributed by atoms with Crippen LogP contribution in [-0.2, 0) is 6.54 Å². The summed E-state index contributed by atoms with van der Waals surface area (Å²) in [5.41, 5.74) is 0. The highest BCUT2D eigenvalue weighted by molar-refractivity contribution is 7.19. The van der Waals surface area contributed by atoms with E-state index in [2.05, 4.69) is 30.5 Å². The van der Waals surface area contributed by atoms with Crippen molar-refractivity contribution < 1.29 is 4.39 Å². The lowest BCUT2D eigenvalue weighted by atomic mass is 10.2. The van der Waals surface area contributed by atoms with Crippen LogP contribution >= 0.6 is 11.3 Å². The maximum Gasteiger partial charge on any atom is 0.123 e. The van der Waals surface area contributed by atoms with Crippen molar-refractivity contribution in [2.45, 2.75) is 26.4 Å². The molecule has 1 aromatic carbocycles. The number of rotatable bonds is 6. The molecule has 18 heavy (non-hydrogen) atoms. The molecule has 1 aromatic heterocycles. The third-order valence-electron chi connectivity index (χ3n) is 2.85. The van der Waals surface area contributed by atoms with E-state index in [9.17, 15) is 4.39 Å². The fourth-order valence-electron chi connectivity index (χ4n) is 1.86. The Labute approximate surface area is 111 Å². The van der Waals surface area contributed by atoms with Crippen LogP contribution in [0, 0.1) is 5.82 Å². The van der Waals surface area contributed by atoms with E-state index < -0.39 is 0 Å². The van der Waals surface area contributed by atoms with Crippen LogP contribution in [0.4, 0.5) is 4.39 Å². The van der Waals surface area contributed by atoms with Gasteiger partial charge in [0.1, 0.15) is 5.82 Å². The monoisotopic (exact) mass is 266 g/mol. The first kappa shape index (κ1) is 13.5. The van der Waals surface area contributed by atoms with E-state index in [1.807, 2.05) is 6.07 Å². The number of nitrogens with one attached hydrogen (secondary N) is 2. The molecule has 0 bridgehead atoms. The Morgan fingerprint density at radius 2 is 2.17 bits per heavy atom. The molecular formula is C14H19FN2S. The Morgan fingerprint density at radius 3 is 2.94 bits per heavy atom. The molecule has 2 rings (SSSR count). The maximum atomic E-state index is 13.1. The summed E-state index contributed by atoms with van der Waals surface area (Å²) in [5.74, 6) is -0.166. The summed E-state index contributed by atoms with van der Waals surface area (Å²) in [6, 6.07) is 7.46. The van der Waals surface area contributed by atoms with Crippen molar-refractivity contribution in [2.24, 2.45) is 0 Å². The van der Waals surface area contributed by atoms with Crippen LogP contribution in [0.3, 0.4) is 0 Å². The second-order valence-corrected chi connectivity index (χ2v) is 5.65. The summed E-state index contributed by atoms with van der Waals surface area (Å²) in [4.78, 5) is 1.25. The first-order chi connectivity index (χ1) is 8.69. The van der Waals surface area contributed by atoms with Gasteiger partial charge in [-0.25, -0.2) is 4.39 Å². The van der Waals surface area contributed by atoms with E-state index in [1.165, 1.54) is 10.9 Å². The van der Waals surface area contributed by atoms with Crippen LogP contribution in [0.1, 0.15) is 18.7 Å². The van der Waals surface area contributed by atoms with Crippen LogP contribution in [0.5, 0.6) is 0 Å². The molecule has 0 fully saturated rings. The van der Waals surface area contributed by atoms with E-state index in [0.717, 1.165) is 29.7 Å². The molecule has 0 aliphatic carbocycles. The molecule has 1 atom stereocenters. The minimum atomic E-state index is -0.166. The normalized spacial score (nSPS) is 13.1. The van der Waals surface area contributed by atoms with Crippen LogP contribution in [0.25, 0.3) is 10.1 Å². The number of thiophene rings is 1. The molecule has 0 saturated carbocycles. The smallest absolute Gasteiger partial charge is 0.123 e. The fourth-order valence-corrected chi connectivity index (χ4v) is 2.86. The summed E-state index contributed by atoms with van der Waals surface area (Å²) in [5, 5.41) is 7.77. The van der Waals surface area contributed by atoms with E-state index >= 15 is 0 Å². The fraction of sp³-hybridized carbons (Fsp3) is 0.429. The molecule has 2 aromatic rings. The molecule has 1 heterocycles. The number of halogens is 1. The van der Waals surface area contributed by atoms with E-state index in [1.54, 1.807) is 17.4 Å². The van der Waals surface area contributed by atoms with Gasteiger partial charge in [-0.15, -0.1) is 11.3 Å². The van der Waals surface area contributed by atoms with Gasteiger partial charge < -0.3 is 10.6 Å². The molecule has 0 amide bonds. The van der Waals surface area contributed by atoms with Gasteiger partial charge in [-0.05, 0) is 43.1 Å². The molecule has 4 heteroatoms. The van der Waals surface area contributed by atoms with Gasteiger partial charge in [0.2, 0.25) is 0 Å². The molecular weight excluding hydrogens is 247 g/mol. The molecule has 2 nitrogen and oxygen atoms in total. The summed E-state index contributed by atoms with van der Waals surface area (Å²) < 4.78 is 14.2. The first-order valence-electron chi connectivity index (χ1n) is 6.31. The average molecular weight is 266 g/mol. The highest BCUT2D eigenvalue weighted by atomic mass is 32.1. The minimum Gasteiger partial charge on any atom is -0.315 e. The van der Waals surface area contributed by atoms with Crippen molar-refractivity contribution in [3.05, 3.63) is 35.0 Å². The highest BCUT2D eigenvalue weighted by Crippen LogP contribution is 2.26. The molecule has 0 aliphatic heterocycles. The van der Waals surface area contributed by atoms with Crippen molar-refractivity contribution in [3.63, 3.8) is 0 Å². The van der Waals surface area contributed by atoms with Crippen LogP contribution < -0.4 is 10.6 Å². The summed E-state index contributed by atoms with van der Waals surface area (Å²) in [6.45, 7) is 7.07. The Bertz CT molecular complexity index is 509. The van der Waals surface area contributed by atoms with Crippen molar-refractivity contribution in [2.75, 3.05) is 13.1 Å². The van der Waals surface area contributed by atoms with E-state index in [-0.39, 0.29) is 5.82 Å². The van der Waals surface area contributed by atoms with Gasteiger partial charge in [0.05, 0.1) is 0 Å². The number of hydrogen-bond acceptors (Lipinski definition) is 3. The van der Waals surface area contributed by atoms with Crippen LogP contribution in [0.2, 0.25) is 0 Å². The zero-order valence-electron chi connectivity index (χ0n) is 10.8. The SMILES string of the molecule is CCNCC(C)NCc1cc2cc(F)ccc2s1. The van der Waals surface area contributed by atoms with E-state index in [0.29, 0.717) is 6.04 Å². The van der Waals surface area contributed by atoms with Crippen molar-refractivity contribution >= 4 is 21.4 Å². The summed E-state index contributed by atoms with van der Waals surface area (Å²) >= 11 is 1.72. The Hall–Kier alpha value is -0.970. The molecule has 0 saturated heterocycles. The number of hydrogen-bond donors (Lipinski definition) is 2. The highest BCUT2D eigenvalue weighted by Gasteiger charge is 2.05. The molecule has 1 unspecified atom stereocenters. The van der Waals surface area contributed by atoms with Gasteiger partial charge >= 0.3 is 0 Å². The van der Waals surface area contributed by atoms with Gasteiger partial charge in [0.15, 0.2) is 0 Å². The number of likely N-dealkylation sites (N-methyl/N-ethyl adjacent to an activating group) is 1. The predicted octanol–water partition coefficient (Wildman–Crippen LogP) is 3.13. The third kappa shape index (κ3) is 3.51. The molecule has 98 valence electrons. The number of fused-ring (bicyclic) bond motifs is 1. The van der Waals surface area contributed by atoms with Crippen molar-refractivity contribution in [1.29, 1.82) is 0 Å². The van der Waals surface area contributed by atoms with Crippen LogP contribution in [-0.4, -0.2) is 19.1 Å². The quantitative estimate of drug-likeness (QED) is 0.839. The second kappa shape index (κ2) is 6.27. The van der Waals surface area contributed by atoms with Gasteiger partial charge in [-0.2, -0.15) is 0 Å². The standard InChI is InChI=1S/C14H19FN2S/c1-3-16-8-10(2)17-9-13-7-11-6-12(15)4-5-14(11)18-13/h4-7,10,16-17H,3,8-9H2,1-2H3. The van der Waals surface area contributed by atoms with Gasteiger partial charge in [0.25, 0.3) is 0 Å². The topological polar surface area (TPSA) is 24.1 Å². The molecule has 2 N–H and O–H groups in total. The first-order valence-corrected chi connectivity index (χ1v) is 7.12. The Morgan fingerprint density at radius 1 is 1.33 bits per heavy atom. The third-order valence-corrected chi connectivity index (χ3v) is 3.97. The van der Waals surface area contributed by atoms with Gasteiger partial charge in [0, 0.05) is 28.7 Å². The number of benzene rings is 1. The minimum absolute atomic E-state index is 0.166. The molecule has 0 aliphatic rings. The lowest BCUT2D eigenvalue weighted by molar-refractivity contribution is 0.511. The summed E-state index contributed by atoms with van der Waals surface area (Å²) in [7, 11) is 0. The molecule has 0 spiro atoms. The largest absolute Gasteiger partial charge is 0.315 e. The Kier molecular flexibility index (Phi) is 4.69. The maximum absolute atomic E-state index is 13.1. The van der Waals surface area contributed by atoms with Gasteiger partial charge in [-0.1, -0.05) is 6.92 Å². The van der Waals surface area contributed by atoms with Crippen molar-refractivity contribution in [1.82, 2.24) is 10.6 Å². The Balaban J connectivity index is 1.95. The van der Waals surface area contributed by atoms with E-state index in [4.69, 9.17) is 0 Å². The zero-order valence-corrected chi connectivity index (χ0v) is 11.6. The zero-order chi connectivity index (χ0) is 13.0. The summed E-state index contributed by atoms with van der Waals surface area (Å²) in [6.07, 6.45) is 0. The van der Waals surface area contributed by atoms with Crippen molar-refractivity contribution in [3.8, 4) is 0 Å². The van der Waals surface area contributed by atoms with Gasteiger partial charge in [-0.3, -0.25) is 0 Å². The molecule has 0 radical (unpaired) electrons. The predicted molar refractivity (Wildman–Crippen MR) is 76.6 cm³/mol.